The van der Waals surface area contributed by atoms with Gasteiger partial charge in [-0.1, -0.05) is 74.5 Å². The van der Waals surface area contributed by atoms with Crippen molar-refractivity contribution < 1.29 is 28.5 Å². The summed E-state index contributed by atoms with van der Waals surface area (Å²) in [4.78, 5) is 28.1. The third-order valence-electron chi connectivity index (χ3n) is 6.65. The van der Waals surface area contributed by atoms with Crippen LogP contribution >= 0.6 is 8.03 Å². The van der Waals surface area contributed by atoms with E-state index < -0.39 is 31.1 Å². The first-order valence-electron chi connectivity index (χ1n) is 12.6. The van der Waals surface area contributed by atoms with Crippen LogP contribution in [0.15, 0.2) is 85.1 Å². The summed E-state index contributed by atoms with van der Waals surface area (Å²) in [5.74, 6) is 0.0300. The average molecular weight is 557 g/mol. The van der Waals surface area contributed by atoms with Crippen molar-refractivity contribution in [1.82, 2.24) is 4.98 Å². The van der Waals surface area contributed by atoms with Gasteiger partial charge in [0.05, 0.1) is 5.69 Å². The van der Waals surface area contributed by atoms with E-state index >= 15 is 0 Å². The number of ether oxygens (including phenoxy) is 1. The molecular formula is C32H28FNO5P+. The van der Waals surface area contributed by atoms with Gasteiger partial charge in [0, 0.05) is 17.3 Å². The third kappa shape index (κ3) is 5.43. The highest BCUT2D eigenvalue weighted by Crippen LogP contribution is 2.46. The van der Waals surface area contributed by atoms with Crippen molar-refractivity contribution in [2.75, 3.05) is 0 Å². The molecule has 4 aromatic rings. The molecule has 0 spiro atoms. The Labute approximate surface area is 233 Å². The summed E-state index contributed by atoms with van der Waals surface area (Å²) >= 11 is 0. The lowest BCUT2D eigenvalue weighted by Gasteiger charge is -2.23. The van der Waals surface area contributed by atoms with Gasteiger partial charge >= 0.3 is 19.2 Å². The SMILES string of the molecule is C#CC(C(=O)Oc1c(C(C)C)ncc(-c2cccc(-c3ccccc3)c2)c1-c1ccc(F)cc1)(C(C)O)[P+](=O)O. The van der Waals surface area contributed by atoms with Crippen LogP contribution in [0.3, 0.4) is 0 Å². The van der Waals surface area contributed by atoms with Gasteiger partial charge in [-0.2, -0.15) is 4.89 Å². The van der Waals surface area contributed by atoms with Crippen molar-refractivity contribution in [3.05, 3.63) is 96.6 Å². The fraction of sp³-hybridized carbons (Fsp3) is 0.188. The zero-order chi connectivity index (χ0) is 29.0. The molecule has 0 radical (unpaired) electrons. The van der Waals surface area contributed by atoms with Crippen molar-refractivity contribution in [2.45, 2.75) is 37.9 Å². The average Bonchev–Trinajstić information content (AvgIpc) is 2.94. The minimum atomic E-state index is -3.38. The number of benzene rings is 3. The highest BCUT2D eigenvalue weighted by atomic mass is 31.1. The Morgan fingerprint density at radius 1 is 0.975 bits per heavy atom. The Balaban J connectivity index is 2.01. The number of aliphatic hydroxyl groups excluding tert-OH is 1. The Morgan fingerprint density at radius 2 is 1.60 bits per heavy atom. The van der Waals surface area contributed by atoms with Crippen molar-refractivity contribution in [3.8, 4) is 51.5 Å². The molecule has 3 aromatic carbocycles. The van der Waals surface area contributed by atoms with Crippen molar-refractivity contribution in [2.24, 2.45) is 0 Å². The molecule has 40 heavy (non-hydrogen) atoms. The third-order valence-corrected chi connectivity index (χ3v) is 7.94. The number of esters is 1. The van der Waals surface area contributed by atoms with Crippen LogP contribution in [0.25, 0.3) is 33.4 Å². The van der Waals surface area contributed by atoms with E-state index in [1.54, 1.807) is 18.3 Å². The highest BCUT2D eigenvalue weighted by Gasteiger charge is 2.62. The zero-order valence-corrected chi connectivity index (χ0v) is 23.1. The van der Waals surface area contributed by atoms with Crippen LogP contribution in [0.1, 0.15) is 32.4 Å². The van der Waals surface area contributed by atoms with E-state index in [-0.39, 0.29) is 11.7 Å². The predicted molar refractivity (Wildman–Crippen MR) is 153 cm³/mol. The lowest BCUT2D eigenvalue weighted by atomic mass is 9.91. The molecule has 202 valence electrons. The van der Waals surface area contributed by atoms with E-state index in [1.165, 1.54) is 12.1 Å². The van der Waals surface area contributed by atoms with Gasteiger partial charge in [0.25, 0.3) is 0 Å². The topological polar surface area (TPSA) is 96.7 Å². The van der Waals surface area contributed by atoms with E-state index in [0.717, 1.165) is 23.6 Å². The van der Waals surface area contributed by atoms with E-state index in [0.29, 0.717) is 22.4 Å². The molecule has 8 heteroatoms. The molecule has 4 rings (SSSR count). The van der Waals surface area contributed by atoms with Crippen LogP contribution < -0.4 is 4.74 Å². The van der Waals surface area contributed by atoms with Crippen LogP contribution in [0.2, 0.25) is 0 Å². The normalized spacial score (nSPS) is 13.7. The molecular weight excluding hydrogens is 528 g/mol. The largest absolute Gasteiger partial charge is 0.540 e. The molecule has 1 aromatic heterocycles. The van der Waals surface area contributed by atoms with E-state index in [2.05, 4.69) is 4.98 Å². The Morgan fingerprint density at radius 3 is 2.17 bits per heavy atom. The van der Waals surface area contributed by atoms with Crippen LogP contribution in [-0.4, -0.2) is 32.2 Å². The van der Waals surface area contributed by atoms with Gasteiger partial charge in [-0.3, -0.25) is 4.98 Å². The standard InChI is InChI=1S/C32H27FNO5P/c1-5-32(21(4)35,40(37)38)31(36)39-30-28(23-14-16-26(33)17-15-23)27(19-34-29(30)20(2)3)25-13-9-12-24(18-25)22-10-7-6-8-11-22/h1,6-21,35H,2-4H3/p+1. The molecule has 3 unspecified atom stereocenters. The number of carbonyl (C=O) groups excluding carboxylic acids is 1. The number of pyridine rings is 1. The molecule has 1 heterocycles. The molecule has 0 aliphatic carbocycles. The summed E-state index contributed by atoms with van der Waals surface area (Å²) in [6.07, 6.45) is 5.48. The Kier molecular flexibility index (Phi) is 8.56. The smallest absolute Gasteiger partial charge is 0.419 e. The maximum atomic E-state index is 14.0. The Hall–Kier alpha value is -4.21. The summed E-state index contributed by atoms with van der Waals surface area (Å²) in [5.41, 5.74) is 4.56. The highest BCUT2D eigenvalue weighted by molar-refractivity contribution is 7.42. The first-order chi connectivity index (χ1) is 19.1. The lowest BCUT2D eigenvalue weighted by Crippen LogP contribution is -2.46. The maximum absolute atomic E-state index is 14.0. The summed E-state index contributed by atoms with van der Waals surface area (Å²) in [7, 11) is -3.38. The quantitative estimate of drug-likeness (QED) is 0.142. The first-order valence-corrected chi connectivity index (χ1v) is 13.8. The number of terminal acetylenes is 1. The zero-order valence-electron chi connectivity index (χ0n) is 22.2. The molecule has 3 atom stereocenters. The minimum Gasteiger partial charge on any atom is -0.419 e. The number of hydrogen-bond acceptors (Lipinski definition) is 5. The van der Waals surface area contributed by atoms with Gasteiger partial charge in [-0.25, -0.2) is 9.18 Å². The number of aliphatic hydroxyl groups is 1. The second-order valence-corrected chi connectivity index (χ2v) is 10.9. The molecule has 0 saturated heterocycles. The fourth-order valence-corrected chi connectivity index (χ4v) is 5.09. The predicted octanol–water partition coefficient (Wildman–Crippen LogP) is 6.74. The maximum Gasteiger partial charge on any atom is 0.540 e. The molecule has 0 amide bonds. The molecule has 0 fully saturated rings. The van der Waals surface area contributed by atoms with Gasteiger partial charge in [-0.15, -0.1) is 6.42 Å². The van der Waals surface area contributed by atoms with Gasteiger partial charge in [0.2, 0.25) is 0 Å². The van der Waals surface area contributed by atoms with Gasteiger partial charge in [-0.05, 0) is 63.8 Å². The van der Waals surface area contributed by atoms with Crippen LogP contribution in [-0.2, 0) is 9.36 Å². The van der Waals surface area contributed by atoms with E-state index in [1.807, 2.05) is 74.4 Å². The van der Waals surface area contributed by atoms with Crippen LogP contribution in [0.4, 0.5) is 4.39 Å². The fourth-order valence-electron chi connectivity index (χ4n) is 4.45. The molecule has 6 nitrogen and oxygen atoms in total. The lowest BCUT2D eigenvalue weighted by molar-refractivity contribution is -0.138. The summed E-state index contributed by atoms with van der Waals surface area (Å²) < 4.78 is 32.1. The molecule has 2 N–H and O–H groups in total. The van der Waals surface area contributed by atoms with E-state index in [4.69, 9.17) is 11.2 Å². The molecule has 0 aliphatic heterocycles. The number of rotatable bonds is 8. The van der Waals surface area contributed by atoms with Crippen LogP contribution in [0, 0.1) is 18.2 Å². The van der Waals surface area contributed by atoms with Crippen molar-refractivity contribution in [1.29, 1.82) is 0 Å². The second-order valence-electron chi connectivity index (χ2n) is 9.62. The van der Waals surface area contributed by atoms with Gasteiger partial charge in [0.1, 0.15) is 11.9 Å². The summed E-state index contributed by atoms with van der Waals surface area (Å²) in [5, 5.41) is 7.80. The van der Waals surface area contributed by atoms with Gasteiger partial charge in [0.15, 0.2) is 5.75 Å². The van der Waals surface area contributed by atoms with Gasteiger partial charge < -0.3 is 9.84 Å². The molecule has 0 saturated carbocycles. The summed E-state index contributed by atoms with van der Waals surface area (Å²) in [6, 6.07) is 23.1. The molecule has 0 bridgehead atoms. The number of halogens is 1. The van der Waals surface area contributed by atoms with Crippen molar-refractivity contribution >= 4 is 14.0 Å². The van der Waals surface area contributed by atoms with Crippen LogP contribution in [0.5, 0.6) is 5.75 Å². The Bertz CT molecular complexity index is 1600. The minimum absolute atomic E-state index is 0.00588. The monoisotopic (exact) mass is 556 g/mol. The second kappa shape index (κ2) is 11.9. The number of carbonyl (C=O) groups is 1. The molecule has 0 aliphatic rings. The summed E-state index contributed by atoms with van der Waals surface area (Å²) in [6.45, 7) is 4.84. The van der Waals surface area contributed by atoms with E-state index in [9.17, 15) is 23.7 Å². The van der Waals surface area contributed by atoms with Crippen molar-refractivity contribution in [3.63, 3.8) is 0 Å². The first kappa shape index (κ1) is 28.8. The number of nitrogens with zero attached hydrogens (tertiary/aromatic N) is 1. The number of hydrogen-bond donors (Lipinski definition) is 2. The number of aromatic nitrogens is 1.